The molecule has 2 aromatic carbocycles. The molecule has 4 aromatic rings. The number of rotatable bonds is 6. The van der Waals surface area contributed by atoms with Crippen molar-refractivity contribution in [3.8, 4) is 11.4 Å². The summed E-state index contributed by atoms with van der Waals surface area (Å²) in [7, 11) is -3.77. The second kappa shape index (κ2) is 6.82. The maximum Gasteiger partial charge on any atom is 0.417 e. The van der Waals surface area contributed by atoms with E-state index in [0.29, 0.717) is 17.2 Å². The summed E-state index contributed by atoms with van der Waals surface area (Å²) in [6.45, 7) is 0.0773. The predicted octanol–water partition coefficient (Wildman–Crippen LogP) is 1.69. The Morgan fingerprint density at radius 1 is 1.11 bits per heavy atom. The van der Waals surface area contributed by atoms with Crippen molar-refractivity contribution in [1.82, 2.24) is 19.8 Å². The number of oxazole rings is 1. The summed E-state index contributed by atoms with van der Waals surface area (Å²) in [5.41, 5.74) is 1.42. The Bertz CT molecular complexity index is 1240. The lowest BCUT2D eigenvalue weighted by Gasteiger charge is -2.05. The number of hydrogen-bond donors (Lipinski definition) is 2. The average Bonchev–Trinajstić information content (AvgIpc) is 3.27. The van der Waals surface area contributed by atoms with Gasteiger partial charge in [-0.05, 0) is 12.1 Å². The highest BCUT2D eigenvalue weighted by Crippen LogP contribution is 2.17. The Morgan fingerprint density at radius 2 is 1.93 bits per heavy atom. The van der Waals surface area contributed by atoms with Gasteiger partial charge in [0, 0.05) is 24.6 Å². The number of hydrogen-bond acceptors (Lipinski definition) is 7. The maximum atomic E-state index is 12.4. The zero-order valence-corrected chi connectivity index (χ0v) is 14.7. The van der Waals surface area contributed by atoms with Crippen LogP contribution in [0.1, 0.15) is 5.89 Å². The minimum absolute atomic E-state index is 0.00625. The van der Waals surface area contributed by atoms with E-state index in [9.17, 15) is 13.2 Å². The first-order chi connectivity index (χ1) is 13.0. The summed E-state index contributed by atoms with van der Waals surface area (Å²) >= 11 is 0. The summed E-state index contributed by atoms with van der Waals surface area (Å²) in [6, 6.07) is 13.5. The average molecular weight is 386 g/mol. The molecule has 0 aliphatic carbocycles. The predicted molar refractivity (Wildman–Crippen MR) is 95.5 cm³/mol. The largest absolute Gasteiger partial charge is 0.417 e. The Hall–Kier alpha value is -3.24. The molecule has 2 heterocycles. The molecule has 0 amide bonds. The highest BCUT2D eigenvalue weighted by molar-refractivity contribution is 7.89. The lowest BCUT2D eigenvalue weighted by Crippen LogP contribution is -2.26. The number of aromatic amines is 1. The third kappa shape index (κ3) is 3.66. The quantitative estimate of drug-likeness (QED) is 0.515. The monoisotopic (exact) mass is 386 g/mol. The van der Waals surface area contributed by atoms with Gasteiger partial charge in [-0.2, -0.15) is 4.98 Å². The Labute approximate surface area is 153 Å². The van der Waals surface area contributed by atoms with Gasteiger partial charge in [-0.25, -0.2) is 17.9 Å². The number of aromatic nitrogens is 3. The van der Waals surface area contributed by atoms with Crippen molar-refractivity contribution in [3.05, 3.63) is 65.0 Å². The molecular weight excluding hydrogens is 372 g/mol. The van der Waals surface area contributed by atoms with Crippen LogP contribution in [0.15, 0.2) is 67.2 Å². The van der Waals surface area contributed by atoms with Crippen LogP contribution in [-0.4, -0.2) is 30.1 Å². The third-order valence-corrected chi connectivity index (χ3v) is 5.29. The van der Waals surface area contributed by atoms with Crippen molar-refractivity contribution >= 4 is 21.1 Å². The van der Waals surface area contributed by atoms with Crippen molar-refractivity contribution in [1.29, 1.82) is 0 Å². The first-order valence-corrected chi connectivity index (χ1v) is 9.50. The van der Waals surface area contributed by atoms with Gasteiger partial charge in [0.15, 0.2) is 5.58 Å². The van der Waals surface area contributed by atoms with E-state index >= 15 is 0 Å². The summed E-state index contributed by atoms with van der Waals surface area (Å²) in [5, 5.41) is 3.89. The van der Waals surface area contributed by atoms with Crippen molar-refractivity contribution in [2.24, 2.45) is 0 Å². The fraction of sp³-hybridized carbons (Fsp3) is 0.118. The summed E-state index contributed by atoms with van der Waals surface area (Å²) < 4.78 is 37.3. The van der Waals surface area contributed by atoms with E-state index in [4.69, 9.17) is 8.94 Å². The van der Waals surface area contributed by atoms with Crippen LogP contribution in [0.5, 0.6) is 0 Å². The van der Waals surface area contributed by atoms with Crippen molar-refractivity contribution in [2.75, 3.05) is 6.54 Å². The van der Waals surface area contributed by atoms with E-state index in [1.54, 1.807) is 0 Å². The number of fused-ring (bicyclic) bond motifs is 1. The van der Waals surface area contributed by atoms with Gasteiger partial charge in [-0.15, -0.1) is 0 Å². The van der Waals surface area contributed by atoms with E-state index in [0.717, 1.165) is 5.56 Å². The second-order valence-corrected chi connectivity index (χ2v) is 7.46. The lowest BCUT2D eigenvalue weighted by molar-refractivity contribution is 0.379. The molecule has 9 nitrogen and oxygen atoms in total. The SMILES string of the molecule is O=c1[nH]c2ccc(S(=O)(=O)NCCc3nc(-c4ccccc4)no3)cc2o1. The molecule has 0 bridgehead atoms. The van der Waals surface area contributed by atoms with Crippen LogP contribution in [0.2, 0.25) is 0 Å². The highest BCUT2D eigenvalue weighted by Gasteiger charge is 2.16. The van der Waals surface area contributed by atoms with Crippen LogP contribution < -0.4 is 10.5 Å². The fourth-order valence-corrected chi connectivity index (χ4v) is 3.58. The molecule has 138 valence electrons. The molecule has 0 aliphatic heterocycles. The van der Waals surface area contributed by atoms with E-state index in [2.05, 4.69) is 19.8 Å². The molecule has 0 atom stereocenters. The maximum absolute atomic E-state index is 12.4. The first kappa shape index (κ1) is 17.2. The van der Waals surface area contributed by atoms with E-state index in [-0.39, 0.29) is 23.4 Å². The van der Waals surface area contributed by atoms with Crippen molar-refractivity contribution in [3.63, 3.8) is 0 Å². The molecule has 0 fully saturated rings. The highest BCUT2D eigenvalue weighted by atomic mass is 32.2. The fourth-order valence-electron chi connectivity index (χ4n) is 2.53. The van der Waals surface area contributed by atoms with Gasteiger partial charge in [0.05, 0.1) is 10.4 Å². The van der Waals surface area contributed by atoms with Crippen LogP contribution >= 0.6 is 0 Å². The number of nitrogens with one attached hydrogen (secondary N) is 2. The van der Waals surface area contributed by atoms with Crippen LogP contribution in [0.25, 0.3) is 22.5 Å². The van der Waals surface area contributed by atoms with Gasteiger partial charge in [-0.3, -0.25) is 4.98 Å². The normalized spacial score (nSPS) is 11.9. The van der Waals surface area contributed by atoms with E-state index < -0.39 is 15.8 Å². The summed E-state index contributed by atoms with van der Waals surface area (Å²) in [4.78, 5) is 17.9. The van der Waals surface area contributed by atoms with Crippen molar-refractivity contribution < 1.29 is 17.4 Å². The van der Waals surface area contributed by atoms with Crippen LogP contribution in [0, 0.1) is 0 Å². The van der Waals surface area contributed by atoms with Crippen LogP contribution in [0.3, 0.4) is 0 Å². The van der Waals surface area contributed by atoms with E-state index in [1.165, 1.54) is 18.2 Å². The molecule has 2 N–H and O–H groups in total. The Balaban J connectivity index is 1.43. The molecule has 0 spiro atoms. The van der Waals surface area contributed by atoms with Gasteiger partial charge in [0.1, 0.15) is 0 Å². The first-order valence-electron chi connectivity index (χ1n) is 8.02. The molecule has 0 saturated heterocycles. The molecule has 0 radical (unpaired) electrons. The number of H-pyrrole nitrogens is 1. The van der Waals surface area contributed by atoms with Gasteiger partial charge in [0.25, 0.3) is 0 Å². The van der Waals surface area contributed by atoms with Gasteiger partial charge < -0.3 is 8.94 Å². The van der Waals surface area contributed by atoms with Gasteiger partial charge in [0.2, 0.25) is 21.7 Å². The topological polar surface area (TPSA) is 131 Å². The smallest absolute Gasteiger partial charge is 0.408 e. The molecule has 0 unspecified atom stereocenters. The lowest BCUT2D eigenvalue weighted by atomic mass is 10.2. The van der Waals surface area contributed by atoms with E-state index in [1.807, 2.05) is 30.3 Å². The minimum Gasteiger partial charge on any atom is -0.408 e. The van der Waals surface area contributed by atoms with Gasteiger partial charge >= 0.3 is 5.76 Å². The second-order valence-electron chi connectivity index (χ2n) is 5.70. The number of sulfonamides is 1. The standard InChI is InChI=1S/C17H14N4O5S/c22-17-19-13-7-6-12(10-14(13)25-17)27(23,24)18-9-8-15-20-16(21-26-15)11-4-2-1-3-5-11/h1-7,10,18H,8-9H2,(H,19,22). The Kier molecular flexibility index (Phi) is 4.34. The minimum atomic E-state index is -3.77. The summed E-state index contributed by atoms with van der Waals surface area (Å²) in [6.07, 6.45) is 0.237. The molecule has 4 rings (SSSR count). The molecule has 10 heteroatoms. The third-order valence-electron chi connectivity index (χ3n) is 3.83. The summed E-state index contributed by atoms with van der Waals surface area (Å²) in [5.74, 6) is 0.128. The van der Waals surface area contributed by atoms with Crippen molar-refractivity contribution in [2.45, 2.75) is 11.3 Å². The number of nitrogens with zero attached hydrogens (tertiary/aromatic N) is 2. The zero-order chi connectivity index (χ0) is 18.9. The van der Waals surface area contributed by atoms with Crippen LogP contribution in [-0.2, 0) is 16.4 Å². The molecule has 27 heavy (non-hydrogen) atoms. The molecule has 0 aliphatic rings. The molecular formula is C17H14N4O5S. The van der Waals surface area contributed by atoms with Gasteiger partial charge in [-0.1, -0.05) is 35.5 Å². The van der Waals surface area contributed by atoms with Crippen LogP contribution in [0.4, 0.5) is 0 Å². The zero-order valence-electron chi connectivity index (χ0n) is 13.9. The Morgan fingerprint density at radius 3 is 2.74 bits per heavy atom. The molecule has 0 saturated carbocycles. The number of benzene rings is 2. The molecule has 2 aromatic heterocycles.